The first-order chi connectivity index (χ1) is 8.97. The van der Waals surface area contributed by atoms with E-state index < -0.39 is 11.6 Å². The monoisotopic (exact) mass is 278 g/mol. The Balaban J connectivity index is 2.26. The van der Waals surface area contributed by atoms with Crippen molar-refractivity contribution < 1.29 is 8.78 Å². The standard InChI is InChI=1S/C14H12F2N2S/c1-8-6-9(2-4-11(8)14(17)19)18-10-3-5-12(15)13(16)7-10/h2-7,18H,1H3,(H2,17,19). The first-order valence-electron chi connectivity index (χ1n) is 5.60. The zero-order valence-corrected chi connectivity index (χ0v) is 11.0. The van der Waals surface area contributed by atoms with Crippen molar-refractivity contribution in [2.24, 2.45) is 5.73 Å². The summed E-state index contributed by atoms with van der Waals surface area (Å²) >= 11 is 4.92. The smallest absolute Gasteiger partial charge is 0.160 e. The van der Waals surface area contributed by atoms with Gasteiger partial charge in [0, 0.05) is 23.0 Å². The number of benzene rings is 2. The number of anilines is 2. The van der Waals surface area contributed by atoms with E-state index in [1.807, 2.05) is 13.0 Å². The SMILES string of the molecule is Cc1cc(Nc2ccc(F)c(F)c2)ccc1C(N)=S. The molecule has 0 heterocycles. The summed E-state index contributed by atoms with van der Waals surface area (Å²) in [5, 5.41) is 2.99. The van der Waals surface area contributed by atoms with E-state index in [1.54, 1.807) is 12.1 Å². The van der Waals surface area contributed by atoms with E-state index in [1.165, 1.54) is 6.07 Å². The molecule has 0 saturated heterocycles. The first-order valence-corrected chi connectivity index (χ1v) is 6.01. The highest BCUT2D eigenvalue weighted by Gasteiger charge is 2.05. The number of hydrogen-bond acceptors (Lipinski definition) is 2. The van der Waals surface area contributed by atoms with Gasteiger partial charge >= 0.3 is 0 Å². The predicted octanol–water partition coefficient (Wildman–Crippen LogP) is 3.65. The predicted molar refractivity (Wildman–Crippen MR) is 76.7 cm³/mol. The van der Waals surface area contributed by atoms with Crippen molar-refractivity contribution in [3.05, 3.63) is 59.2 Å². The molecule has 3 N–H and O–H groups in total. The molecule has 0 unspecified atom stereocenters. The Morgan fingerprint density at radius 2 is 1.68 bits per heavy atom. The first kappa shape index (κ1) is 13.4. The number of aryl methyl sites for hydroxylation is 1. The summed E-state index contributed by atoms with van der Waals surface area (Å²) < 4.78 is 25.9. The Kier molecular flexibility index (Phi) is 3.76. The third-order valence-electron chi connectivity index (χ3n) is 2.70. The van der Waals surface area contributed by atoms with Crippen LogP contribution in [0.1, 0.15) is 11.1 Å². The van der Waals surface area contributed by atoms with Gasteiger partial charge < -0.3 is 11.1 Å². The van der Waals surface area contributed by atoms with Crippen LogP contribution in [0.25, 0.3) is 0 Å². The minimum atomic E-state index is -0.888. The zero-order valence-electron chi connectivity index (χ0n) is 10.2. The Bertz CT molecular complexity index is 641. The molecular formula is C14H12F2N2S. The van der Waals surface area contributed by atoms with Crippen LogP contribution in [-0.4, -0.2) is 4.99 Å². The van der Waals surface area contributed by atoms with Crippen LogP contribution < -0.4 is 11.1 Å². The van der Waals surface area contributed by atoms with Crippen LogP contribution in [0.15, 0.2) is 36.4 Å². The lowest BCUT2D eigenvalue weighted by atomic mass is 10.1. The normalized spacial score (nSPS) is 10.3. The van der Waals surface area contributed by atoms with Crippen LogP contribution in [0.5, 0.6) is 0 Å². The number of nitrogens with two attached hydrogens (primary N) is 1. The molecule has 0 spiro atoms. The molecule has 2 nitrogen and oxygen atoms in total. The van der Waals surface area contributed by atoms with Gasteiger partial charge in [0.1, 0.15) is 4.99 Å². The fourth-order valence-electron chi connectivity index (χ4n) is 1.76. The molecule has 0 aliphatic rings. The van der Waals surface area contributed by atoms with Crippen LogP contribution in [-0.2, 0) is 0 Å². The summed E-state index contributed by atoms with van der Waals surface area (Å²) in [5.74, 6) is -1.76. The molecule has 0 aliphatic heterocycles. The second-order valence-electron chi connectivity index (χ2n) is 4.15. The van der Waals surface area contributed by atoms with Gasteiger partial charge in [0.15, 0.2) is 11.6 Å². The lowest BCUT2D eigenvalue weighted by molar-refractivity contribution is 0.509. The van der Waals surface area contributed by atoms with Crippen molar-refractivity contribution >= 4 is 28.6 Å². The molecule has 98 valence electrons. The molecule has 0 fully saturated rings. The largest absolute Gasteiger partial charge is 0.389 e. The Morgan fingerprint density at radius 1 is 1.05 bits per heavy atom. The molecular weight excluding hydrogens is 266 g/mol. The molecule has 0 aromatic heterocycles. The third kappa shape index (κ3) is 3.06. The van der Waals surface area contributed by atoms with Gasteiger partial charge in [-0.15, -0.1) is 0 Å². The average Bonchev–Trinajstić information content (AvgIpc) is 2.33. The topological polar surface area (TPSA) is 38.0 Å². The van der Waals surface area contributed by atoms with Crippen molar-refractivity contribution in [2.45, 2.75) is 6.92 Å². The van der Waals surface area contributed by atoms with Gasteiger partial charge in [-0.2, -0.15) is 0 Å². The fraction of sp³-hybridized carbons (Fsp3) is 0.0714. The summed E-state index contributed by atoms with van der Waals surface area (Å²) in [4.78, 5) is 0.330. The van der Waals surface area contributed by atoms with E-state index in [0.29, 0.717) is 10.7 Å². The number of halogens is 2. The van der Waals surface area contributed by atoms with Crippen LogP contribution in [0.2, 0.25) is 0 Å². The summed E-state index contributed by atoms with van der Waals surface area (Å²) in [6, 6.07) is 9.06. The lowest BCUT2D eigenvalue weighted by Crippen LogP contribution is -2.11. The average molecular weight is 278 g/mol. The van der Waals surface area contributed by atoms with Crippen LogP contribution in [0.4, 0.5) is 20.2 Å². The molecule has 19 heavy (non-hydrogen) atoms. The molecule has 0 saturated carbocycles. The third-order valence-corrected chi connectivity index (χ3v) is 2.92. The summed E-state index contributed by atoms with van der Waals surface area (Å²) in [6.07, 6.45) is 0. The van der Waals surface area contributed by atoms with Gasteiger partial charge in [-0.1, -0.05) is 12.2 Å². The number of hydrogen-bond donors (Lipinski definition) is 2. The minimum absolute atomic E-state index is 0.330. The molecule has 2 aromatic rings. The van der Waals surface area contributed by atoms with E-state index in [4.69, 9.17) is 18.0 Å². The van der Waals surface area contributed by atoms with Gasteiger partial charge in [-0.25, -0.2) is 8.78 Å². The zero-order chi connectivity index (χ0) is 14.0. The molecule has 2 rings (SSSR count). The quantitative estimate of drug-likeness (QED) is 0.842. The highest BCUT2D eigenvalue weighted by molar-refractivity contribution is 7.80. The molecule has 0 amide bonds. The van der Waals surface area contributed by atoms with E-state index >= 15 is 0 Å². The number of thiocarbonyl (C=S) groups is 1. The molecule has 0 bridgehead atoms. The summed E-state index contributed by atoms with van der Waals surface area (Å²) in [5.41, 5.74) is 8.51. The highest BCUT2D eigenvalue weighted by atomic mass is 32.1. The van der Waals surface area contributed by atoms with Gasteiger partial charge in [-0.05, 0) is 42.8 Å². The van der Waals surface area contributed by atoms with Crippen LogP contribution >= 0.6 is 12.2 Å². The van der Waals surface area contributed by atoms with Crippen molar-refractivity contribution in [3.8, 4) is 0 Å². The Labute approximate surface area is 115 Å². The van der Waals surface area contributed by atoms with E-state index in [0.717, 1.165) is 28.9 Å². The van der Waals surface area contributed by atoms with Crippen molar-refractivity contribution in [2.75, 3.05) is 5.32 Å². The minimum Gasteiger partial charge on any atom is -0.389 e. The van der Waals surface area contributed by atoms with Gasteiger partial charge in [0.2, 0.25) is 0 Å². The van der Waals surface area contributed by atoms with Crippen molar-refractivity contribution in [3.63, 3.8) is 0 Å². The molecule has 0 aliphatic carbocycles. The van der Waals surface area contributed by atoms with Crippen LogP contribution in [0, 0.1) is 18.6 Å². The maximum atomic E-state index is 13.1. The second-order valence-corrected chi connectivity index (χ2v) is 4.59. The van der Waals surface area contributed by atoms with Crippen molar-refractivity contribution in [1.82, 2.24) is 0 Å². The van der Waals surface area contributed by atoms with Gasteiger partial charge in [0.05, 0.1) is 0 Å². The van der Waals surface area contributed by atoms with E-state index in [9.17, 15) is 8.78 Å². The second kappa shape index (κ2) is 5.32. The number of nitrogens with one attached hydrogen (secondary N) is 1. The Morgan fingerprint density at radius 3 is 2.26 bits per heavy atom. The maximum Gasteiger partial charge on any atom is 0.160 e. The van der Waals surface area contributed by atoms with E-state index in [-0.39, 0.29) is 0 Å². The molecule has 0 atom stereocenters. The fourth-order valence-corrected chi connectivity index (χ4v) is 1.99. The Hall–Kier alpha value is -2.01. The van der Waals surface area contributed by atoms with Crippen LogP contribution in [0.3, 0.4) is 0 Å². The van der Waals surface area contributed by atoms with E-state index in [2.05, 4.69) is 5.32 Å². The molecule has 0 radical (unpaired) electrons. The van der Waals surface area contributed by atoms with Crippen molar-refractivity contribution in [1.29, 1.82) is 0 Å². The number of rotatable bonds is 3. The van der Waals surface area contributed by atoms with Gasteiger partial charge in [0.25, 0.3) is 0 Å². The molecule has 5 heteroatoms. The maximum absolute atomic E-state index is 13.1. The highest BCUT2D eigenvalue weighted by Crippen LogP contribution is 2.21. The lowest BCUT2D eigenvalue weighted by Gasteiger charge is -2.10. The summed E-state index contributed by atoms with van der Waals surface area (Å²) in [6.45, 7) is 1.88. The molecule has 2 aromatic carbocycles. The van der Waals surface area contributed by atoms with Gasteiger partial charge in [-0.3, -0.25) is 0 Å². The summed E-state index contributed by atoms with van der Waals surface area (Å²) in [7, 11) is 0.